The zero-order chi connectivity index (χ0) is 15.0. The SMILES string of the molecule is CCC(=O)Nc1ccc(Cl)c(NC(=O)CCCCBr)c1. The van der Waals surface area contributed by atoms with Crippen LogP contribution in [0.5, 0.6) is 0 Å². The molecule has 4 nitrogen and oxygen atoms in total. The molecule has 0 atom stereocenters. The predicted molar refractivity (Wildman–Crippen MR) is 86.6 cm³/mol. The number of alkyl halides is 1. The van der Waals surface area contributed by atoms with Gasteiger partial charge in [0.05, 0.1) is 10.7 Å². The van der Waals surface area contributed by atoms with Gasteiger partial charge in [0.25, 0.3) is 0 Å². The van der Waals surface area contributed by atoms with Gasteiger partial charge in [-0.25, -0.2) is 0 Å². The normalized spacial score (nSPS) is 10.2. The smallest absolute Gasteiger partial charge is 0.224 e. The summed E-state index contributed by atoms with van der Waals surface area (Å²) in [5, 5.41) is 6.83. The van der Waals surface area contributed by atoms with Crippen molar-refractivity contribution in [2.75, 3.05) is 16.0 Å². The fraction of sp³-hybridized carbons (Fsp3) is 0.429. The molecular formula is C14H18BrClN2O2. The lowest BCUT2D eigenvalue weighted by molar-refractivity contribution is -0.116. The molecule has 2 amide bonds. The van der Waals surface area contributed by atoms with Gasteiger partial charge in [-0.1, -0.05) is 34.5 Å². The van der Waals surface area contributed by atoms with Crippen molar-refractivity contribution in [2.24, 2.45) is 0 Å². The Morgan fingerprint density at radius 2 is 1.95 bits per heavy atom. The number of hydrogen-bond donors (Lipinski definition) is 2. The number of amides is 2. The summed E-state index contributed by atoms with van der Waals surface area (Å²) in [6.07, 6.45) is 2.62. The zero-order valence-electron chi connectivity index (χ0n) is 11.3. The van der Waals surface area contributed by atoms with Gasteiger partial charge in [0.15, 0.2) is 0 Å². The monoisotopic (exact) mass is 360 g/mol. The van der Waals surface area contributed by atoms with Gasteiger partial charge in [0.2, 0.25) is 11.8 Å². The first-order valence-electron chi connectivity index (χ1n) is 6.52. The first-order valence-corrected chi connectivity index (χ1v) is 8.02. The molecule has 0 saturated heterocycles. The van der Waals surface area contributed by atoms with E-state index in [4.69, 9.17) is 11.6 Å². The summed E-state index contributed by atoms with van der Waals surface area (Å²) in [6, 6.07) is 5.02. The summed E-state index contributed by atoms with van der Waals surface area (Å²) >= 11 is 9.36. The Balaban J connectivity index is 2.66. The number of carbonyl (C=O) groups excluding carboxylic acids is 2. The van der Waals surface area contributed by atoms with Gasteiger partial charge in [0, 0.05) is 23.9 Å². The van der Waals surface area contributed by atoms with Gasteiger partial charge in [-0.3, -0.25) is 9.59 Å². The van der Waals surface area contributed by atoms with Crippen molar-refractivity contribution in [3.63, 3.8) is 0 Å². The highest BCUT2D eigenvalue weighted by molar-refractivity contribution is 9.09. The van der Waals surface area contributed by atoms with Crippen molar-refractivity contribution in [1.82, 2.24) is 0 Å². The van der Waals surface area contributed by atoms with E-state index in [1.807, 2.05) is 0 Å². The van der Waals surface area contributed by atoms with Crippen LogP contribution in [0.15, 0.2) is 18.2 Å². The fourth-order valence-electron chi connectivity index (χ4n) is 1.54. The van der Waals surface area contributed by atoms with E-state index in [-0.39, 0.29) is 11.8 Å². The van der Waals surface area contributed by atoms with Crippen LogP contribution in [0.4, 0.5) is 11.4 Å². The number of benzene rings is 1. The Hall–Kier alpha value is -1.07. The molecule has 1 rings (SSSR count). The minimum Gasteiger partial charge on any atom is -0.326 e. The maximum absolute atomic E-state index is 11.8. The van der Waals surface area contributed by atoms with Crippen LogP contribution < -0.4 is 10.6 Å². The Morgan fingerprint density at radius 3 is 2.60 bits per heavy atom. The average molecular weight is 362 g/mol. The third-order valence-electron chi connectivity index (χ3n) is 2.63. The molecule has 0 aliphatic rings. The summed E-state index contributed by atoms with van der Waals surface area (Å²) in [5.74, 6) is -0.159. The molecule has 0 saturated carbocycles. The van der Waals surface area contributed by atoms with Crippen LogP contribution in [0.25, 0.3) is 0 Å². The molecule has 0 unspecified atom stereocenters. The maximum Gasteiger partial charge on any atom is 0.224 e. The Labute approximate surface area is 132 Å². The van der Waals surface area contributed by atoms with Crippen molar-refractivity contribution >= 4 is 50.7 Å². The van der Waals surface area contributed by atoms with Crippen LogP contribution in [0.2, 0.25) is 5.02 Å². The number of rotatable bonds is 7. The number of hydrogen-bond acceptors (Lipinski definition) is 2. The topological polar surface area (TPSA) is 58.2 Å². The molecule has 2 N–H and O–H groups in total. The summed E-state index contributed by atoms with van der Waals surface area (Å²) in [6.45, 7) is 1.78. The predicted octanol–water partition coefficient (Wildman–Crippen LogP) is 4.19. The molecule has 1 aromatic carbocycles. The van der Waals surface area contributed by atoms with Gasteiger partial charge in [0.1, 0.15) is 0 Å². The van der Waals surface area contributed by atoms with Crippen LogP contribution in [0, 0.1) is 0 Å². The van der Waals surface area contributed by atoms with E-state index in [0.29, 0.717) is 29.2 Å². The molecule has 0 radical (unpaired) electrons. The first kappa shape index (κ1) is 17.0. The third kappa shape index (κ3) is 5.92. The molecule has 110 valence electrons. The highest BCUT2D eigenvalue weighted by Gasteiger charge is 2.08. The van der Waals surface area contributed by atoms with Gasteiger partial charge in [-0.2, -0.15) is 0 Å². The van der Waals surface area contributed by atoms with Crippen LogP contribution in [-0.2, 0) is 9.59 Å². The van der Waals surface area contributed by atoms with Crippen molar-refractivity contribution in [3.8, 4) is 0 Å². The second-order valence-electron chi connectivity index (χ2n) is 4.29. The Morgan fingerprint density at radius 1 is 1.20 bits per heavy atom. The Kier molecular flexibility index (Phi) is 7.62. The summed E-state index contributed by atoms with van der Waals surface area (Å²) < 4.78 is 0. The third-order valence-corrected chi connectivity index (χ3v) is 3.52. The lowest BCUT2D eigenvalue weighted by atomic mass is 10.2. The zero-order valence-corrected chi connectivity index (χ0v) is 13.7. The highest BCUT2D eigenvalue weighted by Crippen LogP contribution is 2.26. The fourth-order valence-corrected chi connectivity index (χ4v) is 2.10. The van der Waals surface area contributed by atoms with E-state index < -0.39 is 0 Å². The Bertz CT molecular complexity index is 480. The molecule has 1 aromatic rings. The van der Waals surface area contributed by atoms with Crippen LogP contribution >= 0.6 is 27.5 Å². The molecule has 6 heteroatoms. The quantitative estimate of drug-likeness (QED) is 0.565. The summed E-state index contributed by atoms with van der Waals surface area (Å²) in [7, 11) is 0. The second-order valence-corrected chi connectivity index (χ2v) is 5.49. The van der Waals surface area contributed by atoms with Crippen molar-refractivity contribution in [1.29, 1.82) is 0 Å². The average Bonchev–Trinajstić information content (AvgIpc) is 2.42. The van der Waals surface area contributed by atoms with E-state index >= 15 is 0 Å². The van der Waals surface area contributed by atoms with Crippen molar-refractivity contribution < 1.29 is 9.59 Å². The van der Waals surface area contributed by atoms with E-state index in [2.05, 4.69) is 26.6 Å². The standard InChI is InChI=1S/C14H18BrClN2O2/c1-2-13(19)17-10-6-7-11(16)12(9-10)18-14(20)5-3-4-8-15/h6-7,9H,2-5,8H2,1H3,(H,17,19)(H,18,20). The number of halogens is 2. The maximum atomic E-state index is 11.8. The van der Waals surface area contributed by atoms with E-state index in [0.717, 1.165) is 18.2 Å². The molecule has 0 bridgehead atoms. The van der Waals surface area contributed by atoms with Crippen molar-refractivity contribution in [2.45, 2.75) is 32.6 Å². The van der Waals surface area contributed by atoms with E-state index in [1.165, 1.54) is 0 Å². The van der Waals surface area contributed by atoms with Crippen LogP contribution in [0.1, 0.15) is 32.6 Å². The van der Waals surface area contributed by atoms with Crippen molar-refractivity contribution in [3.05, 3.63) is 23.2 Å². The summed E-state index contributed by atoms with van der Waals surface area (Å²) in [5.41, 5.74) is 1.14. The minimum atomic E-state index is -0.0816. The van der Waals surface area contributed by atoms with Crippen LogP contribution in [-0.4, -0.2) is 17.1 Å². The van der Waals surface area contributed by atoms with Crippen LogP contribution in [0.3, 0.4) is 0 Å². The van der Waals surface area contributed by atoms with Gasteiger partial charge in [-0.15, -0.1) is 0 Å². The second kappa shape index (κ2) is 8.97. The first-order chi connectivity index (χ1) is 9.56. The molecule has 0 fully saturated rings. The molecule has 20 heavy (non-hydrogen) atoms. The van der Waals surface area contributed by atoms with E-state index in [9.17, 15) is 9.59 Å². The number of anilines is 2. The molecule has 0 spiro atoms. The molecule has 0 heterocycles. The molecule has 0 aliphatic carbocycles. The van der Waals surface area contributed by atoms with Gasteiger partial charge >= 0.3 is 0 Å². The largest absolute Gasteiger partial charge is 0.326 e. The molecular weight excluding hydrogens is 344 g/mol. The number of unbranched alkanes of at least 4 members (excludes halogenated alkanes) is 1. The number of nitrogens with one attached hydrogen (secondary N) is 2. The minimum absolute atomic E-state index is 0.0770. The molecule has 0 aliphatic heterocycles. The molecule has 0 aromatic heterocycles. The van der Waals surface area contributed by atoms with Gasteiger partial charge < -0.3 is 10.6 Å². The lowest BCUT2D eigenvalue weighted by Crippen LogP contribution is -2.13. The summed E-state index contributed by atoms with van der Waals surface area (Å²) in [4.78, 5) is 23.1. The van der Waals surface area contributed by atoms with Gasteiger partial charge in [-0.05, 0) is 31.0 Å². The highest BCUT2D eigenvalue weighted by atomic mass is 79.9. The van der Waals surface area contributed by atoms with E-state index in [1.54, 1.807) is 25.1 Å². The number of carbonyl (C=O) groups is 2. The lowest BCUT2D eigenvalue weighted by Gasteiger charge is -2.10.